The lowest BCUT2D eigenvalue weighted by Gasteiger charge is -2.31. The summed E-state index contributed by atoms with van der Waals surface area (Å²) in [6, 6.07) is 27.2. The van der Waals surface area contributed by atoms with E-state index in [1.807, 2.05) is 86.6 Å². The molecule has 0 saturated heterocycles. The number of carbonyl (C=O) groups excluding carboxylic acids is 3. The molecule has 0 spiro atoms. The summed E-state index contributed by atoms with van der Waals surface area (Å²) in [6.07, 6.45) is 0. The number of nitrogens with zero attached hydrogens (tertiary/aromatic N) is 3. The molecule has 0 saturated carbocycles. The molecule has 212 valence electrons. The number of pyridine rings is 1. The van der Waals surface area contributed by atoms with E-state index in [1.54, 1.807) is 18.2 Å². The fourth-order valence-electron chi connectivity index (χ4n) is 4.67. The van der Waals surface area contributed by atoms with Crippen LogP contribution in [0.5, 0.6) is 5.75 Å². The summed E-state index contributed by atoms with van der Waals surface area (Å²) in [4.78, 5) is 46.5. The number of fused-ring (bicyclic) bond motifs is 1. The molecule has 1 aromatic heterocycles. The van der Waals surface area contributed by atoms with Crippen LogP contribution in [-0.2, 0) is 20.9 Å². The van der Waals surface area contributed by atoms with Crippen LogP contribution in [0.1, 0.15) is 42.8 Å². The number of amides is 3. The number of phenols is 1. The Hall–Kier alpha value is -4.76. The molecule has 3 amide bonds. The third kappa shape index (κ3) is 7.67. The van der Waals surface area contributed by atoms with Crippen LogP contribution in [0.2, 0.25) is 0 Å². The number of para-hydroxylation sites is 1. The molecule has 0 aliphatic rings. The second-order valence-electron chi connectivity index (χ2n) is 9.99. The second kappa shape index (κ2) is 13.5. The third-order valence-corrected chi connectivity index (χ3v) is 7.04. The first-order valence-corrected chi connectivity index (χ1v) is 13.5. The van der Waals surface area contributed by atoms with Crippen LogP contribution in [0.3, 0.4) is 0 Å². The van der Waals surface area contributed by atoms with Gasteiger partial charge in [0.25, 0.3) is 0 Å². The average molecular weight is 554 g/mol. The van der Waals surface area contributed by atoms with Gasteiger partial charge in [-0.15, -0.1) is 0 Å². The molecule has 0 radical (unpaired) electrons. The summed E-state index contributed by atoms with van der Waals surface area (Å²) in [7, 11) is 0. The Bertz CT molecular complexity index is 1500. The number of aromatic hydroxyl groups is 1. The van der Waals surface area contributed by atoms with E-state index in [1.165, 1.54) is 9.80 Å². The smallest absolute Gasteiger partial charge is 0.243 e. The molecule has 0 bridgehead atoms. The number of benzene rings is 3. The predicted molar refractivity (Wildman–Crippen MR) is 157 cm³/mol. The minimum Gasteiger partial charge on any atom is -0.506 e. The van der Waals surface area contributed by atoms with Gasteiger partial charge in [-0.05, 0) is 37.1 Å². The SMILES string of the molecule is C[C@H](NCC(=O)N(CC(=O)N(CC(N)=O)[C@@H](C)c1ccccc1)Cc1ccc2cccc(O)c2n1)c1ccccc1. The number of rotatable bonds is 12. The number of phenolic OH excluding ortho intramolecular Hbond substituents is 1. The highest BCUT2D eigenvalue weighted by molar-refractivity contribution is 5.89. The first-order valence-electron chi connectivity index (χ1n) is 13.5. The van der Waals surface area contributed by atoms with Gasteiger partial charge in [0.1, 0.15) is 17.8 Å². The summed E-state index contributed by atoms with van der Waals surface area (Å²) in [5, 5.41) is 14.3. The fourth-order valence-corrected chi connectivity index (χ4v) is 4.67. The molecule has 4 rings (SSSR count). The van der Waals surface area contributed by atoms with Crippen molar-refractivity contribution >= 4 is 28.6 Å². The van der Waals surface area contributed by atoms with E-state index in [2.05, 4.69) is 10.3 Å². The maximum Gasteiger partial charge on any atom is 0.243 e. The Kier molecular flexibility index (Phi) is 9.65. The van der Waals surface area contributed by atoms with Gasteiger partial charge >= 0.3 is 0 Å². The molecule has 9 nitrogen and oxygen atoms in total. The molecule has 4 N–H and O–H groups in total. The van der Waals surface area contributed by atoms with Gasteiger partial charge in [0.15, 0.2) is 0 Å². The topological polar surface area (TPSA) is 129 Å². The van der Waals surface area contributed by atoms with E-state index in [4.69, 9.17) is 5.73 Å². The van der Waals surface area contributed by atoms with Crippen molar-refractivity contribution in [3.63, 3.8) is 0 Å². The first-order chi connectivity index (χ1) is 19.7. The fraction of sp³-hybridized carbons (Fsp3) is 0.250. The molecule has 0 aliphatic carbocycles. The Morgan fingerprint density at radius 1 is 0.829 bits per heavy atom. The molecule has 0 fully saturated rings. The number of primary amides is 1. The van der Waals surface area contributed by atoms with Crippen LogP contribution in [0.4, 0.5) is 0 Å². The lowest BCUT2D eigenvalue weighted by Crippen LogP contribution is -2.48. The highest BCUT2D eigenvalue weighted by atomic mass is 16.3. The minimum absolute atomic E-state index is 0.0216. The van der Waals surface area contributed by atoms with Gasteiger partial charge in [0.05, 0.1) is 31.4 Å². The van der Waals surface area contributed by atoms with Gasteiger partial charge in [-0.2, -0.15) is 0 Å². The van der Waals surface area contributed by atoms with Gasteiger partial charge in [-0.25, -0.2) is 4.98 Å². The Balaban J connectivity index is 1.58. The molecular formula is C32H35N5O4. The molecule has 41 heavy (non-hydrogen) atoms. The van der Waals surface area contributed by atoms with Crippen LogP contribution < -0.4 is 11.1 Å². The summed E-state index contributed by atoms with van der Waals surface area (Å²) < 4.78 is 0. The number of hydrogen-bond donors (Lipinski definition) is 3. The summed E-state index contributed by atoms with van der Waals surface area (Å²) in [6.45, 7) is 3.21. The number of nitrogens with one attached hydrogen (secondary N) is 1. The Morgan fingerprint density at radius 3 is 2.15 bits per heavy atom. The van der Waals surface area contributed by atoms with E-state index >= 15 is 0 Å². The van der Waals surface area contributed by atoms with Gasteiger partial charge in [-0.3, -0.25) is 14.4 Å². The maximum absolute atomic E-state index is 13.7. The van der Waals surface area contributed by atoms with Gasteiger partial charge < -0.3 is 26.0 Å². The molecule has 9 heteroatoms. The van der Waals surface area contributed by atoms with Crippen molar-refractivity contribution in [2.45, 2.75) is 32.5 Å². The monoisotopic (exact) mass is 553 g/mol. The van der Waals surface area contributed by atoms with Crippen molar-refractivity contribution < 1.29 is 19.5 Å². The van der Waals surface area contributed by atoms with Crippen LogP contribution in [0.25, 0.3) is 10.9 Å². The van der Waals surface area contributed by atoms with E-state index in [0.29, 0.717) is 11.2 Å². The van der Waals surface area contributed by atoms with Crippen LogP contribution in [-0.4, -0.2) is 57.2 Å². The molecule has 1 heterocycles. The Morgan fingerprint density at radius 2 is 1.49 bits per heavy atom. The number of aromatic nitrogens is 1. The quantitative estimate of drug-likeness (QED) is 0.245. The normalized spacial score (nSPS) is 12.4. The molecule has 0 unspecified atom stereocenters. The zero-order chi connectivity index (χ0) is 29.4. The molecule has 0 aliphatic heterocycles. The first kappa shape index (κ1) is 29.2. The lowest BCUT2D eigenvalue weighted by atomic mass is 10.1. The van der Waals surface area contributed by atoms with E-state index < -0.39 is 17.9 Å². The standard InChI is InChI=1S/C32H35N5O4/c1-22(24-10-5-3-6-11-24)34-18-30(40)36(19-27-17-16-26-14-9-15-28(38)32(26)35-27)21-31(41)37(20-29(33)39)23(2)25-12-7-4-8-13-25/h3-17,22-23,34,38H,18-21H2,1-2H3,(H2,33,39)/t22-,23-/m0/s1. The predicted octanol–water partition coefficient (Wildman–Crippen LogP) is 3.69. The van der Waals surface area contributed by atoms with Crippen molar-refractivity contribution in [1.82, 2.24) is 20.1 Å². The summed E-state index contributed by atoms with van der Waals surface area (Å²) in [5.41, 5.74) is 8.29. The average Bonchev–Trinajstić information content (AvgIpc) is 2.99. The highest BCUT2D eigenvalue weighted by Gasteiger charge is 2.27. The van der Waals surface area contributed by atoms with Gasteiger partial charge in [0, 0.05) is 11.4 Å². The maximum atomic E-state index is 13.7. The van der Waals surface area contributed by atoms with E-state index in [0.717, 1.165) is 16.5 Å². The van der Waals surface area contributed by atoms with Crippen molar-refractivity contribution in [1.29, 1.82) is 0 Å². The third-order valence-electron chi connectivity index (χ3n) is 7.04. The molecular weight excluding hydrogens is 518 g/mol. The Labute approximate surface area is 239 Å². The van der Waals surface area contributed by atoms with Crippen molar-refractivity contribution in [2.75, 3.05) is 19.6 Å². The van der Waals surface area contributed by atoms with Crippen LogP contribution in [0.15, 0.2) is 91.0 Å². The molecule has 3 aromatic carbocycles. The van der Waals surface area contributed by atoms with Gasteiger partial charge in [0.2, 0.25) is 17.7 Å². The zero-order valence-electron chi connectivity index (χ0n) is 23.2. The number of hydrogen-bond acceptors (Lipinski definition) is 6. The van der Waals surface area contributed by atoms with Crippen LogP contribution in [0, 0.1) is 0 Å². The largest absolute Gasteiger partial charge is 0.506 e. The second-order valence-corrected chi connectivity index (χ2v) is 9.99. The summed E-state index contributed by atoms with van der Waals surface area (Å²) in [5.74, 6) is -1.36. The minimum atomic E-state index is -0.649. The number of carbonyl (C=O) groups is 3. The van der Waals surface area contributed by atoms with Gasteiger partial charge in [-0.1, -0.05) is 78.9 Å². The van der Waals surface area contributed by atoms with Crippen molar-refractivity contribution in [2.24, 2.45) is 5.73 Å². The molecule has 4 aromatic rings. The number of nitrogens with two attached hydrogens (primary N) is 1. The zero-order valence-corrected chi connectivity index (χ0v) is 23.2. The summed E-state index contributed by atoms with van der Waals surface area (Å²) >= 11 is 0. The molecule has 2 atom stereocenters. The van der Waals surface area contributed by atoms with Crippen molar-refractivity contribution in [3.05, 3.63) is 108 Å². The lowest BCUT2D eigenvalue weighted by molar-refractivity contribution is -0.143. The van der Waals surface area contributed by atoms with Crippen molar-refractivity contribution in [3.8, 4) is 5.75 Å². The van der Waals surface area contributed by atoms with E-state index in [-0.39, 0.29) is 43.9 Å². The van der Waals surface area contributed by atoms with E-state index in [9.17, 15) is 19.5 Å². The highest BCUT2D eigenvalue weighted by Crippen LogP contribution is 2.24. The van der Waals surface area contributed by atoms with Crippen LogP contribution >= 0.6 is 0 Å².